The molecule has 2 atom stereocenters. The van der Waals surface area contributed by atoms with Gasteiger partial charge in [0.1, 0.15) is 5.54 Å². The van der Waals surface area contributed by atoms with Crippen molar-refractivity contribution in [3.63, 3.8) is 0 Å². The number of urea groups is 1. The zero-order valence-electron chi connectivity index (χ0n) is 12.3. The number of hydrogen-bond donors (Lipinski definition) is 1. The van der Waals surface area contributed by atoms with Gasteiger partial charge >= 0.3 is 12.0 Å². The number of carboxylic acid groups (broad SMARTS) is 1. The van der Waals surface area contributed by atoms with Crippen LogP contribution in [0.4, 0.5) is 4.79 Å². The van der Waals surface area contributed by atoms with Gasteiger partial charge in [-0.05, 0) is 39.0 Å². The second kappa shape index (κ2) is 5.99. The summed E-state index contributed by atoms with van der Waals surface area (Å²) in [5.41, 5.74) is -1.08. The lowest BCUT2D eigenvalue weighted by atomic mass is 9.89. The molecule has 6 heteroatoms. The monoisotopic (exact) mass is 284 g/mol. The molecule has 2 aliphatic heterocycles. The third kappa shape index (κ3) is 2.90. The molecule has 0 spiro atoms. The molecule has 6 nitrogen and oxygen atoms in total. The van der Waals surface area contributed by atoms with E-state index in [2.05, 4.69) is 0 Å². The first-order valence-electron chi connectivity index (χ1n) is 7.33. The Morgan fingerprint density at radius 1 is 1.40 bits per heavy atom. The van der Waals surface area contributed by atoms with E-state index >= 15 is 0 Å². The van der Waals surface area contributed by atoms with Gasteiger partial charge in [-0.1, -0.05) is 0 Å². The minimum absolute atomic E-state index is 0.0878. The Balaban J connectivity index is 2.03. The van der Waals surface area contributed by atoms with E-state index in [1.165, 1.54) is 4.90 Å². The molecule has 0 aliphatic carbocycles. The number of likely N-dealkylation sites (N-methyl/N-ethyl adjacent to an activating group) is 1. The van der Waals surface area contributed by atoms with Crippen molar-refractivity contribution in [2.45, 2.75) is 50.7 Å². The second-order valence-electron chi connectivity index (χ2n) is 5.99. The first kappa shape index (κ1) is 15.1. The van der Waals surface area contributed by atoms with Crippen molar-refractivity contribution in [2.75, 3.05) is 26.7 Å². The van der Waals surface area contributed by atoms with Gasteiger partial charge in [-0.15, -0.1) is 0 Å². The number of carbonyl (C=O) groups is 2. The quantitative estimate of drug-likeness (QED) is 0.853. The maximum Gasteiger partial charge on any atom is 0.329 e. The van der Waals surface area contributed by atoms with Crippen LogP contribution in [-0.4, -0.2) is 65.3 Å². The molecule has 0 aromatic heterocycles. The van der Waals surface area contributed by atoms with Crippen LogP contribution in [-0.2, 0) is 9.53 Å². The van der Waals surface area contributed by atoms with Crippen LogP contribution in [0.25, 0.3) is 0 Å². The van der Waals surface area contributed by atoms with Crippen LogP contribution in [0.3, 0.4) is 0 Å². The molecular weight excluding hydrogens is 260 g/mol. The molecule has 2 fully saturated rings. The standard InChI is InChI=1S/C14H24N2O4/c1-14(12(17)18)7-3-4-8-16(14)13(19)15(2)10-11-6-5-9-20-11/h11H,3-10H2,1-2H3,(H,17,18). The van der Waals surface area contributed by atoms with E-state index in [-0.39, 0.29) is 12.1 Å². The molecule has 0 saturated carbocycles. The van der Waals surface area contributed by atoms with Gasteiger partial charge in [-0.2, -0.15) is 0 Å². The lowest BCUT2D eigenvalue weighted by Gasteiger charge is -2.43. The molecule has 2 amide bonds. The van der Waals surface area contributed by atoms with Gasteiger partial charge in [0.15, 0.2) is 0 Å². The van der Waals surface area contributed by atoms with Gasteiger partial charge in [0.25, 0.3) is 0 Å². The summed E-state index contributed by atoms with van der Waals surface area (Å²) < 4.78 is 5.53. The van der Waals surface area contributed by atoms with Crippen LogP contribution in [0.15, 0.2) is 0 Å². The lowest BCUT2D eigenvalue weighted by molar-refractivity contribution is -0.150. The zero-order valence-corrected chi connectivity index (χ0v) is 12.3. The predicted molar refractivity (Wildman–Crippen MR) is 73.6 cm³/mol. The van der Waals surface area contributed by atoms with E-state index < -0.39 is 11.5 Å². The first-order chi connectivity index (χ1) is 9.45. The summed E-state index contributed by atoms with van der Waals surface area (Å²) in [5.74, 6) is -0.920. The molecule has 0 aromatic carbocycles. The van der Waals surface area contributed by atoms with E-state index in [0.717, 1.165) is 32.3 Å². The van der Waals surface area contributed by atoms with Crippen LogP contribution in [0.2, 0.25) is 0 Å². The molecule has 0 aromatic rings. The highest BCUT2D eigenvalue weighted by atomic mass is 16.5. The van der Waals surface area contributed by atoms with Crippen molar-refractivity contribution in [1.82, 2.24) is 9.80 Å². The Bertz CT molecular complexity index is 381. The lowest BCUT2D eigenvalue weighted by Crippen LogP contribution is -2.60. The van der Waals surface area contributed by atoms with E-state index in [0.29, 0.717) is 19.5 Å². The molecule has 0 radical (unpaired) electrons. The summed E-state index contributed by atoms with van der Waals surface area (Å²) in [4.78, 5) is 27.2. The minimum Gasteiger partial charge on any atom is -0.480 e. The molecule has 0 bridgehead atoms. The number of likely N-dealkylation sites (tertiary alicyclic amines) is 1. The topological polar surface area (TPSA) is 70.1 Å². The van der Waals surface area contributed by atoms with Gasteiger partial charge in [0, 0.05) is 26.7 Å². The molecule has 114 valence electrons. The van der Waals surface area contributed by atoms with Crippen molar-refractivity contribution < 1.29 is 19.4 Å². The Labute approximate surface area is 119 Å². The summed E-state index contributed by atoms with van der Waals surface area (Å²) >= 11 is 0. The minimum atomic E-state index is -1.08. The molecule has 2 unspecified atom stereocenters. The Hall–Kier alpha value is -1.30. The molecule has 2 aliphatic rings. The smallest absolute Gasteiger partial charge is 0.329 e. The number of carboxylic acids is 1. The van der Waals surface area contributed by atoms with E-state index in [1.807, 2.05) is 0 Å². The van der Waals surface area contributed by atoms with Crippen molar-refractivity contribution in [1.29, 1.82) is 0 Å². The summed E-state index contributed by atoms with van der Waals surface area (Å²) in [6.07, 6.45) is 4.31. The molecule has 2 rings (SSSR count). The van der Waals surface area contributed by atoms with Crippen LogP contribution in [0, 0.1) is 0 Å². The molecular formula is C14H24N2O4. The number of aliphatic carboxylic acids is 1. The van der Waals surface area contributed by atoms with Crippen LogP contribution in [0.1, 0.15) is 39.0 Å². The number of piperidine rings is 1. The summed E-state index contributed by atoms with van der Waals surface area (Å²) in [6, 6.07) is -0.204. The highest BCUT2D eigenvalue weighted by molar-refractivity contribution is 5.86. The average molecular weight is 284 g/mol. The van der Waals surface area contributed by atoms with Crippen LogP contribution in [0.5, 0.6) is 0 Å². The number of carbonyl (C=O) groups excluding carboxylic acids is 1. The van der Waals surface area contributed by atoms with Crippen LogP contribution < -0.4 is 0 Å². The first-order valence-corrected chi connectivity index (χ1v) is 7.33. The van der Waals surface area contributed by atoms with Crippen molar-refractivity contribution in [2.24, 2.45) is 0 Å². The third-order valence-electron chi connectivity index (χ3n) is 4.41. The number of hydrogen-bond acceptors (Lipinski definition) is 3. The van der Waals surface area contributed by atoms with Gasteiger partial charge in [0.05, 0.1) is 6.10 Å². The highest BCUT2D eigenvalue weighted by Gasteiger charge is 2.45. The zero-order chi connectivity index (χ0) is 14.8. The second-order valence-corrected chi connectivity index (χ2v) is 5.99. The Kier molecular flexibility index (Phi) is 4.52. The van der Waals surface area contributed by atoms with E-state index in [1.54, 1.807) is 18.9 Å². The fourth-order valence-corrected chi connectivity index (χ4v) is 3.03. The SMILES string of the molecule is CN(CC1CCCO1)C(=O)N1CCCCC1(C)C(=O)O. The Morgan fingerprint density at radius 3 is 2.75 bits per heavy atom. The van der Waals surface area contributed by atoms with Gasteiger partial charge in [-0.3, -0.25) is 0 Å². The number of amides is 2. The maximum atomic E-state index is 12.5. The fraction of sp³-hybridized carbons (Fsp3) is 0.857. The van der Waals surface area contributed by atoms with E-state index in [4.69, 9.17) is 4.74 Å². The fourth-order valence-electron chi connectivity index (χ4n) is 3.03. The third-order valence-corrected chi connectivity index (χ3v) is 4.41. The summed E-state index contributed by atoms with van der Waals surface area (Å²) in [7, 11) is 1.72. The number of rotatable bonds is 3. The molecule has 2 saturated heterocycles. The number of nitrogens with zero attached hydrogens (tertiary/aromatic N) is 2. The predicted octanol–water partition coefficient (Wildman–Crippen LogP) is 1.55. The van der Waals surface area contributed by atoms with Gasteiger partial charge in [0.2, 0.25) is 0 Å². The van der Waals surface area contributed by atoms with Crippen molar-refractivity contribution >= 4 is 12.0 Å². The summed E-state index contributed by atoms with van der Waals surface area (Å²) in [5, 5.41) is 9.45. The van der Waals surface area contributed by atoms with Crippen molar-refractivity contribution in [3.8, 4) is 0 Å². The maximum absolute atomic E-state index is 12.5. The highest BCUT2D eigenvalue weighted by Crippen LogP contribution is 2.29. The van der Waals surface area contributed by atoms with Crippen molar-refractivity contribution in [3.05, 3.63) is 0 Å². The van der Waals surface area contributed by atoms with Crippen LogP contribution >= 0.6 is 0 Å². The molecule has 1 N–H and O–H groups in total. The average Bonchev–Trinajstić information content (AvgIpc) is 2.91. The largest absolute Gasteiger partial charge is 0.480 e. The molecule has 20 heavy (non-hydrogen) atoms. The van der Waals surface area contributed by atoms with Gasteiger partial charge in [-0.25, -0.2) is 9.59 Å². The molecule has 2 heterocycles. The normalized spacial score (nSPS) is 30.3. The van der Waals surface area contributed by atoms with Gasteiger partial charge < -0.3 is 19.6 Å². The Morgan fingerprint density at radius 2 is 2.15 bits per heavy atom. The van der Waals surface area contributed by atoms with E-state index in [9.17, 15) is 14.7 Å². The summed E-state index contributed by atoms with van der Waals surface area (Å²) in [6.45, 7) is 3.44. The number of ether oxygens (including phenoxy) is 1.